The molecular weight excluding hydrogens is 364 g/mol. The minimum atomic E-state index is -0.212. The summed E-state index contributed by atoms with van der Waals surface area (Å²) in [4.78, 5) is 36.6. The molecule has 6 nitrogen and oxygen atoms in total. The van der Waals surface area contributed by atoms with Gasteiger partial charge >= 0.3 is 0 Å². The molecule has 1 aliphatic heterocycles. The summed E-state index contributed by atoms with van der Waals surface area (Å²) in [5.41, 5.74) is 2.60. The van der Waals surface area contributed by atoms with Crippen molar-refractivity contribution in [2.45, 2.75) is 19.4 Å². The fraction of sp³-hybridized carbons (Fsp3) is 0.250. The van der Waals surface area contributed by atoms with Crippen molar-refractivity contribution >= 4 is 34.5 Å². The maximum Gasteiger partial charge on any atom is 0.289 e. The van der Waals surface area contributed by atoms with Gasteiger partial charge in [-0.05, 0) is 41.8 Å². The Bertz CT molecular complexity index is 818. The van der Waals surface area contributed by atoms with E-state index >= 15 is 0 Å². The van der Waals surface area contributed by atoms with Crippen LogP contribution in [0.5, 0.6) is 5.75 Å². The summed E-state index contributed by atoms with van der Waals surface area (Å²) in [6.45, 7) is 0.260. The Labute approximate surface area is 161 Å². The van der Waals surface area contributed by atoms with E-state index in [1.807, 2.05) is 36.4 Å². The lowest BCUT2D eigenvalue weighted by Crippen LogP contribution is -2.27. The second-order valence-corrected chi connectivity index (χ2v) is 7.05. The number of carbonyl (C=O) groups is 3. The van der Waals surface area contributed by atoms with Crippen LogP contribution < -0.4 is 10.1 Å². The number of nitrogens with one attached hydrogen (secondary N) is 1. The molecule has 1 aliphatic rings. The van der Waals surface area contributed by atoms with Gasteiger partial charge in [0.25, 0.3) is 5.24 Å². The molecule has 0 radical (unpaired) electrons. The van der Waals surface area contributed by atoms with Crippen molar-refractivity contribution in [3.63, 3.8) is 0 Å². The Kier molecular flexibility index (Phi) is 6.13. The fourth-order valence-corrected chi connectivity index (χ4v) is 3.41. The SMILES string of the molecule is COc1ccc(CCC(=O)Nc2ccc(CN3C(=O)CSC3=O)cc2)cc1. The molecule has 3 amide bonds. The van der Waals surface area contributed by atoms with E-state index in [0.717, 1.165) is 28.6 Å². The number of imide groups is 1. The van der Waals surface area contributed by atoms with Crippen LogP contribution in [-0.4, -0.2) is 34.8 Å². The molecule has 0 bridgehead atoms. The van der Waals surface area contributed by atoms with Gasteiger partial charge in [-0.25, -0.2) is 0 Å². The number of benzene rings is 2. The lowest BCUT2D eigenvalue weighted by Gasteiger charge is -2.13. The first kappa shape index (κ1) is 19.0. The van der Waals surface area contributed by atoms with Crippen molar-refractivity contribution in [1.29, 1.82) is 0 Å². The summed E-state index contributed by atoms with van der Waals surface area (Å²) >= 11 is 1.02. The zero-order valence-corrected chi connectivity index (χ0v) is 15.8. The summed E-state index contributed by atoms with van der Waals surface area (Å²) in [6.07, 6.45) is 1.02. The predicted octanol–water partition coefficient (Wildman–Crippen LogP) is 3.46. The molecule has 0 aromatic heterocycles. The van der Waals surface area contributed by atoms with E-state index in [-0.39, 0.29) is 29.4 Å². The molecule has 1 fully saturated rings. The second kappa shape index (κ2) is 8.73. The molecule has 0 unspecified atom stereocenters. The van der Waals surface area contributed by atoms with Crippen molar-refractivity contribution in [1.82, 2.24) is 4.90 Å². The monoisotopic (exact) mass is 384 g/mol. The van der Waals surface area contributed by atoms with Crippen LogP contribution in [-0.2, 0) is 22.6 Å². The van der Waals surface area contributed by atoms with Gasteiger partial charge in [0.05, 0.1) is 19.4 Å². The second-order valence-electron chi connectivity index (χ2n) is 6.13. The third-order valence-corrected chi connectivity index (χ3v) is 5.08. The van der Waals surface area contributed by atoms with Gasteiger partial charge in [-0.15, -0.1) is 0 Å². The lowest BCUT2D eigenvalue weighted by atomic mass is 10.1. The normalized spacial score (nSPS) is 13.7. The number of rotatable bonds is 7. The first-order valence-electron chi connectivity index (χ1n) is 8.54. The van der Waals surface area contributed by atoms with Crippen molar-refractivity contribution in [3.8, 4) is 5.75 Å². The average Bonchev–Trinajstić information content (AvgIpc) is 3.00. The van der Waals surface area contributed by atoms with E-state index in [4.69, 9.17) is 4.74 Å². The van der Waals surface area contributed by atoms with Crippen molar-refractivity contribution in [3.05, 3.63) is 59.7 Å². The summed E-state index contributed by atoms with van der Waals surface area (Å²) in [6, 6.07) is 14.8. The van der Waals surface area contributed by atoms with Gasteiger partial charge in [0.2, 0.25) is 11.8 Å². The van der Waals surface area contributed by atoms with Crippen LogP contribution in [0.3, 0.4) is 0 Å². The molecule has 140 valence electrons. The quantitative estimate of drug-likeness (QED) is 0.791. The van der Waals surface area contributed by atoms with E-state index in [1.54, 1.807) is 19.2 Å². The van der Waals surface area contributed by atoms with Crippen molar-refractivity contribution < 1.29 is 19.1 Å². The highest BCUT2D eigenvalue weighted by Gasteiger charge is 2.29. The largest absolute Gasteiger partial charge is 0.497 e. The molecular formula is C20H20N2O4S. The molecule has 7 heteroatoms. The summed E-state index contributed by atoms with van der Waals surface area (Å²) in [5.74, 6) is 0.765. The number of amides is 3. The Morgan fingerprint density at radius 3 is 2.33 bits per heavy atom. The van der Waals surface area contributed by atoms with E-state index < -0.39 is 0 Å². The maximum absolute atomic E-state index is 12.1. The molecule has 0 spiro atoms. The number of anilines is 1. The number of thioether (sulfide) groups is 1. The Morgan fingerprint density at radius 2 is 1.74 bits per heavy atom. The van der Waals surface area contributed by atoms with Gasteiger partial charge in [-0.1, -0.05) is 36.0 Å². The van der Waals surface area contributed by atoms with E-state index in [2.05, 4.69) is 5.32 Å². The molecule has 3 rings (SSSR count). The van der Waals surface area contributed by atoms with E-state index in [0.29, 0.717) is 18.5 Å². The van der Waals surface area contributed by atoms with Crippen LogP contribution in [0.15, 0.2) is 48.5 Å². The number of aryl methyl sites for hydroxylation is 1. The molecule has 27 heavy (non-hydrogen) atoms. The maximum atomic E-state index is 12.1. The standard InChI is InChI=1S/C20H20N2O4S/c1-26-17-9-4-14(5-10-17)6-11-18(23)21-16-7-2-15(3-8-16)12-22-19(24)13-27-20(22)25/h2-5,7-10H,6,11-13H2,1H3,(H,21,23). The van der Waals surface area contributed by atoms with Crippen LogP contribution in [0, 0.1) is 0 Å². The third-order valence-electron chi connectivity index (χ3n) is 4.22. The van der Waals surface area contributed by atoms with Gasteiger partial charge in [0, 0.05) is 12.1 Å². The number of hydrogen-bond acceptors (Lipinski definition) is 5. The topological polar surface area (TPSA) is 75.7 Å². The Hall–Kier alpha value is -2.80. The van der Waals surface area contributed by atoms with Gasteiger partial charge in [-0.3, -0.25) is 19.3 Å². The van der Waals surface area contributed by atoms with Crippen molar-refractivity contribution in [2.24, 2.45) is 0 Å². The first-order chi connectivity index (χ1) is 13.0. The number of hydrogen-bond donors (Lipinski definition) is 1. The Morgan fingerprint density at radius 1 is 1.07 bits per heavy atom. The molecule has 2 aromatic rings. The molecule has 0 atom stereocenters. The van der Waals surface area contributed by atoms with Crippen molar-refractivity contribution in [2.75, 3.05) is 18.2 Å². The molecule has 1 saturated heterocycles. The minimum absolute atomic E-state index is 0.0696. The number of carbonyl (C=O) groups excluding carboxylic acids is 3. The van der Waals surface area contributed by atoms with Crippen LogP contribution in [0.1, 0.15) is 17.5 Å². The first-order valence-corrected chi connectivity index (χ1v) is 9.52. The fourth-order valence-electron chi connectivity index (χ4n) is 2.68. The van der Waals surface area contributed by atoms with Crippen LogP contribution in [0.25, 0.3) is 0 Å². The average molecular weight is 384 g/mol. The predicted molar refractivity (Wildman–Crippen MR) is 105 cm³/mol. The summed E-state index contributed by atoms with van der Waals surface area (Å²) in [7, 11) is 1.62. The van der Waals surface area contributed by atoms with Crippen LogP contribution >= 0.6 is 11.8 Å². The number of ether oxygens (including phenoxy) is 1. The zero-order chi connectivity index (χ0) is 19.2. The van der Waals surface area contributed by atoms with Gasteiger partial charge in [-0.2, -0.15) is 0 Å². The Balaban J connectivity index is 1.49. The molecule has 0 aliphatic carbocycles. The lowest BCUT2D eigenvalue weighted by molar-refractivity contribution is -0.125. The highest BCUT2D eigenvalue weighted by molar-refractivity contribution is 8.14. The molecule has 1 N–H and O–H groups in total. The third kappa shape index (κ3) is 5.10. The zero-order valence-electron chi connectivity index (χ0n) is 14.9. The summed E-state index contributed by atoms with van der Waals surface area (Å²) < 4.78 is 5.12. The minimum Gasteiger partial charge on any atom is -0.497 e. The highest BCUT2D eigenvalue weighted by Crippen LogP contribution is 2.22. The summed E-state index contributed by atoms with van der Waals surface area (Å²) in [5, 5.41) is 2.65. The number of methoxy groups -OCH3 is 1. The smallest absolute Gasteiger partial charge is 0.289 e. The van der Waals surface area contributed by atoms with E-state index in [9.17, 15) is 14.4 Å². The van der Waals surface area contributed by atoms with E-state index in [1.165, 1.54) is 4.90 Å². The number of nitrogens with zero attached hydrogens (tertiary/aromatic N) is 1. The highest BCUT2D eigenvalue weighted by atomic mass is 32.2. The molecule has 2 aromatic carbocycles. The van der Waals surface area contributed by atoms with Crippen LogP contribution in [0.2, 0.25) is 0 Å². The van der Waals surface area contributed by atoms with Crippen LogP contribution in [0.4, 0.5) is 10.5 Å². The van der Waals surface area contributed by atoms with Gasteiger partial charge < -0.3 is 10.1 Å². The molecule has 1 heterocycles. The molecule has 0 saturated carbocycles. The van der Waals surface area contributed by atoms with Gasteiger partial charge in [0.1, 0.15) is 5.75 Å². The van der Waals surface area contributed by atoms with Gasteiger partial charge in [0.15, 0.2) is 0 Å².